The first-order chi connectivity index (χ1) is 8.70. The van der Waals surface area contributed by atoms with Gasteiger partial charge in [-0.05, 0) is 31.4 Å². The molecule has 0 aromatic heterocycles. The van der Waals surface area contributed by atoms with Gasteiger partial charge in [-0.15, -0.1) is 0 Å². The number of nitro benzene ring substituents is 1. The van der Waals surface area contributed by atoms with Crippen LogP contribution in [0.4, 0.5) is 5.69 Å². The molecule has 1 heterocycles. The zero-order valence-electron chi connectivity index (χ0n) is 10.1. The maximum absolute atomic E-state index is 10.7. The largest absolute Gasteiger partial charge is 0.284 e. The lowest BCUT2D eigenvalue weighted by Crippen LogP contribution is -2.37. The molecule has 5 nitrogen and oxygen atoms in total. The third kappa shape index (κ3) is 2.84. The first kappa shape index (κ1) is 12.5. The van der Waals surface area contributed by atoms with Gasteiger partial charge in [0, 0.05) is 18.7 Å². The van der Waals surface area contributed by atoms with Crippen molar-refractivity contribution in [2.24, 2.45) is 0 Å². The van der Waals surface area contributed by atoms with Crippen LogP contribution in [0.15, 0.2) is 24.3 Å². The van der Waals surface area contributed by atoms with Gasteiger partial charge in [0.05, 0.1) is 17.0 Å². The number of nitro groups is 1. The highest BCUT2D eigenvalue weighted by molar-refractivity contribution is 5.34. The smallest absolute Gasteiger partial charge is 0.269 e. The van der Waals surface area contributed by atoms with Crippen molar-refractivity contribution in [3.05, 3.63) is 39.9 Å². The molecule has 0 amide bonds. The molecule has 0 aliphatic carbocycles. The Labute approximate surface area is 106 Å². The lowest BCUT2D eigenvalue weighted by molar-refractivity contribution is -0.384. The van der Waals surface area contributed by atoms with Gasteiger partial charge in [0.1, 0.15) is 0 Å². The summed E-state index contributed by atoms with van der Waals surface area (Å²) < 4.78 is 0. The second-order valence-electron chi connectivity index (χ2n) is 4.54. The molecule has 94 valence electrons. The summed E-state index contributed by atoms with van der Waals surface area (Å²) >= 11 is 0. The highest BCUT2D eigenvalue weighted by Gasteiger charge is 2.22. The van der Waals surface area contributed by atoms with Crippen molar-refractivity contribution >= 4 is 5.69 Å². The third-order valence-corrected chi connectivity index (χ3v) is 3.27. The van der Waals surface area contributed by atoms with Crippen LogP contribution in [0.2, 0.25) is 0 Å². The van der Waals surface area contributed by atoms with Crippen molar-refractivity contribution in [2.45, 2.75) is 31.8 Å². The molecule has 0 radical (unpaired) electrons. The number of nitrogens with zero attached hydrogens (tertiary/aromatic N) is 3. The SMILES string of the molecule is N#CC1CCCCN1Cc1cccc([N+](=O)[O-])c1. The predicted octanol–water partition coefficient (Wildman–Crippen LogP) is 2.47. The molecule has 1 aromatic carbocycles. The quantitative estimate of drug-likeness (QED) is 0.606. The van der Waals surface area contributed by atoms with E-state index in [1.54, 1.807) is 12.1 Å². The Morgan fingerprint density at radius 3 is 3.06 bits per heavy atom. The molecule has 1 fully saturated rings. The molecule has 0 spiro atoms. The van der Waals surface area contributed by atoms with Crippen LogP contribution in [0, 0.1) is 21.4 Å². The number of likely N-dealkylation sites (tertiary alicyclic amines) is 1. The Balaban J connectivity index is 2.10. The van der Waals surface area contributed by atoms with Crippen LogP contribution in [-0.2, 0) is 6.54 Å². The molecule has 1 aliphatic rings. The van der Waals surface area contributed by atoms with E-state index in [9.17, 15) is 10.1 Å². The third-order valence-electron chi connectivity index (χ3n) is 3.27. The molecule has 1 aliphatic heterocycles. The lowest BCUT2D eigenvalue weighted by atomic mass is 10.0. The Kier molecular flexibility index (Phi) is 3.90. The van der Waals surface area contributed by atoms with Crippen molar-refractivity contribution < 1.29 is 4.92 Å². The van der Waals surface area contributed by atoms with Crippen molar-refractivity contribution in [1.29, 1.82) is 5.26 Å². The average Bonchev–Trinajstić information content (AvgIpc) is 2.39. The predicted molar refractivity (Wildman–Crippen MR) is 66.8 cm³/mol. The van der Waals surface area contributed by atoms with E-state index < -0.39 is 0 Å². The van der Waals surface area contributed by atoms with Gasteiger partial charge < -0.3 is 0 Å². The van der Waals surface area contributed by atoms with E-state index in [-0.39, 0.29) is 16.7 Å². The molecule has 0 bridgehead atoms. The van der Waals surface area contributed by atoms with Crippen LogP contribution >= 0.6 is 0 Å². The maximum Gasteiger partial charge on any atom is 0.269 e. The van der Waals surface area contributed by atoms with Gasteiger partial charge in [-0.3, -0.25) is 15.0 Å². The van der Waals surface area contributed by atoms with Crippen LogP contribution in [-0.4, -0.2) is 22.4 Å². The molecule has 2 rings (SSSR count). The van der Waals surface area contributed by atoms with Crippen LogP contribution in [0.5, 0.6) is 0 Å². The van der Waals surface area contributed by atoms with E-state index in [1.165, 1.54) is 6.07 Å². The molecule has 1 aromatic rings. The van der Waals surface area contributed by atoms with Crippen LogP contribution in [0.25, 0.3) is 0 Å². The number of hydrogen-bond donors (Lipinski definition) is 0. The van der Waals surface area contributed by atoms with Crippen LogP contribution in [0.3, 0.4) is 0 Å². The molecule has 0 saturated carbocycles. The fourth-order valence-corrected chi connectivity index (χ4v) is 2.33. The molecule has 18 heavy (non-hydrogen) atoms. The first-order valence-electron chi connectivity index (χ1n) is 6.07. The molecule has 1 unspecified atom stereocenters. The summed E-state index contributed by atoms with van der Waals surface area (Å²) in [7, 11) is 0. The monoisotopic (exact) mass is 245 g/mol. The average molecular weight is 245 g/mol. The highest BCUT2D eigenvalue weighted by Crippen LogP contribution is 2.21. The molecule has 1 saturated heterocycles. The van der Waals surface area contributed by atoms with Gasteiger partial charge >= 0.3 is 0 Å². The number of nitriles is 1. The Morgan fingerprint density at radius 1 is 1.50 bits per heavy atom. The molecule has 0 N–H and O–H groups in total. The Hall–Kier alpha value is -1.93. The van der Waals surface area contributed by atoms with Gasteiger partial charge in [-0.2, -0.15) is 5.26 Å². The zero-order valence-corrected chi connectivity index (χ0v) is 10.1. The molecule has 1 atom stereocenters. The van der Waals surface area contributed by atoms with E-state index in [0.717, 1.165) is 31.4 Å². The fourth-order valence-electron chi connectivity index (χ4n) is 2.33. The minimum absolute atomic E-state index is 0.0574. The fraction of sp³-hybridized carbons (Fsp3) is 0.462. The second-order valence-corrected chi connectivity index (χ2v) is 4.54. The van der Waals surface area contributed by atoms with E-state index in [4.69, 9.17) is 5.26 Å². The van der Waals surface area contributed by atoms with Gasteiger partial charge in [-0.25, -0.2) is 0 Å². The second kappa shape index (κ2) is 5.61. The van der Waals surface area contributed by atoms with Crippen LogP contribution < -0.4 is 0 Å². The van der Waals surface area contributed by atoms with Crippen LogP contribution in [0.1, 0.15) is 24.8 Å². The van der Waals surface area contributed by atoms with Crippen molar-refractivity contribution in [2.75, 3.05) is 6.54 Å². The first-order valence-corrected chi connectivity index (χ1v) is 6.07. The van der Waals surface area contributed by atoms with E-state index in [1.807, 2.05) is 6.07 Å². The number of piperidine rings is 1. The van der Waals surface area contributed by atoms with Gasteiger partial charge in [0.15, 0.2) is 0 Å². The molecular weight excluding hydrogens is 230 g/mol. The number of rotatable bonds is 3. The number of benzene rings is 1. The van der Waals surface area contributed by atoms with Crippen molar-refractivity contribution in [1.82, 2.24) is 4.90 Å². The van der Waals surface area contributed by atoms with Crippen molar-refractivity contribution in [3.63, 3.8) is 0 Å². The molecule has 5 heteroatoms. The minimum atomic E-state index is -0.387. The van der Waals surface area contributed by atoms with Gasteiger partial charge in [0.25, 0.3) is 5.69 Å². The summed E-state index contributed by atoms with van der Waals surface area (Å²) in [5, 5.41) is 19.8. The van der Waals surface area contributed by atoms with Crippen molar-refractivity contribution in [3.8, 4) is 6.07 Å². The highest BCUT2D eigenvalue weighted by atomic mass is 16.6. The standard InChI is InChI=1S/C13H15N3O2/c14-9-13-5-1-2-7-15(13)10-11-4-3-6-12(8-11)16(17)18/h3-4,6,8,13H,1-2,5,7,10H2. The summed E-state index contributed by atoms with van der Waals surface area (Å²) in [4.78, 5) is 12.4. The van der Waals surface area contributed by atoms with Gasteiger partial charge in [-0.1, -0.05) is 12.1 Å². The topological polar surface area (TPSA) is 70.2 Å². The number of non-ortho nitro benzene ring substituents is 1. The normalized spacial score (nSPS) is 20.3. The van der Waals surface area contributed by atoms with E-state index in [0.29, 0.717) is 6.54 Å². The summed E-state index contributed by atoms with van der Waals surface area (Å²) in [6.07, 6.45) is 3.07. The summed E-state index contributed by atoms with van der Waals surface area (Å²) in [6.45, 7) is 1.50. The summed E-state index contributed by atoms with van der Waals surface area (Å²) in [5.74, 6) is 0. The number of hydrogen-bond acceptors (Lipinski definition) is 4. The van der Waals surface area contributed by atoms with E-state index >= 15 is 0 Å². The van der Waals surface area contributed by atoms with E-state index in [2.05, 4.69) is 11.0 Å². The Morgan fingerprint density at radius 2 is 2.33 bits per heavy atom. The minimum Gasteiger partial charge on any atom is -0.284 e. The van der Waals surface area contributed by atoms with Gasteiger partial charge in [0.2, 0.25) is 0 Å². The zero-order chi connectivity index (χ0) is 13.0. The summed E-state index contributed by atoms with van der Waals surface area (Å²) in [6, 6.07) is 8.88. The maximum atomic E-state index is 10.7. The Bertz CT molecular complexity index is 481. The molecular formula is C13H15N3O2. The summed E-state index contributed by atoms with van der Waals surface area (Å²) in [5.41, 5.74) is 1.00. The lowest BCUT2D eigenvalue weighted by Gasteiger charge is -2.31.